The number of furan rings is 1. The number of halogens is 3. The molecule has 1 atom stereocenters. The van der Waals surface area contributed by atoms with Crippen LogP contribution in [0, 0.1) is 11.6 Å². The van der Waals surface area contributed by atoms with Gasteiger partial charge in [0.1, 0.15) is 17.4 Å². The van der Waals surface area contributed by atoms with E-state index < -0.39 is 17.6 Å². The molecule has 1 aromatic heterocycles. The van der Waals surface area contributed by atoms with Crippen LogP contribution in [0.25, 0.3) is 0 Å². The average Bonchev–Trinajstić information content (AvgIpc) is 2.87. The van der Waals surface area contributed by atoms with Crippen LogP contribution in [0.5, 0.6) is 0 Å². The van der Waals surface area contributed by atoms with Crippen LogP contribution >= 0.6 is 15.9 Å². The van der Waals surface area contributed by atoms with E-state index in [0.29, 0.717) is 16.5 Å². The standard InChI is InChI=1S/C14H12BrF2NO3/c1-7(12-3-4-13(15)21-12)18-11-5-8(14(19)20-2)9(16)6-10(11)17/h3-7,18H,1-2H3. The number of rotatable bonds is 4. The van der Waals surface area contributed by atoms with Gasteiger partial charge in [0.25, 0.3) is 0 Å². The molecule has 1 N–H and O–H groups in total. The molecule has 0 aliphatic rings. The number of nitrogens with one attached hydrogen (secondary N) is 1. The van der Waals surface area contributed by atoms with Crippen LogP contribution in [0.3, 0.4) is 0 Å². The molecule has 21 heavy (non-hydrogen) atoms. The Morgan fingerprint density at radius 2 is 2.05 bits per heavy atom. The summed E-state index contributed by atoms with van der Waals surface area (Å²) >= 11 is 3.17. The fourth-order valence-corrected chi connectivity index (χ4v) is 2.11. The zero-order chi connectivity index (χ0) is 15.6. The van der Waals surface area contributed by atoms with Crippen LogP contribution in [-0.2, 0) is 4.74 Å². The largest absolute Gasteiger partial charge is 0.465 e. The number of hydrogen-bond donors (Lipinski definition) is 1. The van der Waals surface area contributed by atoms with Crippen molar-refractivity contribution in [2.75, 3.05) is 12.4 Å². The number of ether oxygens (including phenoxy) is 1. The van der Waals surface area contributed by atoms with Gasteiger partial charge in [-0.3, -0.25) is 0 Å². The third kappa shape index (κ3) is 3.41. The van der Waals surface area contributed by atoms with Crippen molar-refractivity contribution in [1.29, 1.82) is 0 Å². The maximum Gasteiger partial charge on any atom is 0.340 e. The van der Waals surface area contributed by atoms with Crippen LogP contribution in [0.4, 0.5) is 14.5 Å². The van der Waals surface area contributed by atoms with Gasteiger partial charge in [-0.25, -0.2) is 13.6 Å². The van der Waals surface area contributed by atoms with Gasteiger partial charge in [-0.15, -0.1) is 0 Å². The lowest BCUT2D eigenvalue weighted by Gasteiger charge is -2.14. The molecule has 112 valence electrons. The molecule has 0 saturated heterocycles. The molecule has 2 aromatic rings. The summed E-state index contributed by atoms with van der Waals surface area (Å²) in [5.41, 5.74) is -0.356. The summed E-state index contributed by atoms with van der Waals surface area (Å²) in [6, 6.07) is 4.75. The lowest BCUT2D eigenvalue weighted by atomic mass is 10.1. The van der Waals surface area contributed by atoms with E-state index in [0.717, 1.165) is 13.2 Å². The zero-order valence-electron chi connectivity index (χ0n) is 11.2. The molecule has 1 unspecified atom stereocenters. The molecule has 0 aliphatic heterocycles. The molecule has 1 heterocycles. The Balaban J connectivity index is 2.29. The topological polar surface area (TPSA) is 51.5 Å². The van der Waals surface area contributed by atoms with E-state index in [1.165, 1.54) is 0 Å². The van der Waals surface area contributed by atoms with Crippen LogP contribution in [0.2, 0.25) is 0 Å². The molecule has 0 bridgehead atoms. The van der Waals surface area contributed by atoms with E-state index >= 15 is 0 Å². The summed E-state index contributed by atoms with van der Waals surface area (Å²) in [7, 11) is 1.13. The van der Waals surface area contributed by atoms with Gasteiger partial charge < -0.3 is 14.5 Å². The van der Waals surface area contributed by atoms with Crippen molar-refractivity contribution in [3.63, 3.8) is 0 Å². The minimum absolute atomic E-state index is 0.0168. The first-order valence-electron chi connectivity index (χ1n) is 6.01. The first-order chi connectivity index (χ1) is 9.92. The normalized spacial score (nSPS) is 12.0. The summed E-state index contributed by atoms with van der Waals surface area (Å²) in [5.74, 6) is -2.09. The molecule has 0 saturated carbocycles. The molecular weight excluding hydrogens is 348 g/mol. The fourth-order valence-electron chi connectivity index (χ4n) is 1.79. The minimum Gasteiger partial charge on any atom is -0.465 e. The Bertz CT molecular complexity index is 672. The lowest BCUT2D eigenvalue weighted by molar-refractivity contribution is 0.0595. The number of carbonyl (C=O) groups excluding carboxylic acids is 1. The van der Waals surface area contributed by atoms with E-state index in [4.69, 9.17) is 4.42 Å². The minimum atomic E-state index is -0.974. The third-order valence-corrected chi connectivity index (χ3v) is 3.28. The van der Waals surface area contributed by atoms with Crippen molar-refractivity contribution < 1.29 is 22.7 Å². The highest BCUT2D eigenvalue weighted by Crippen LogP contribution is 2.27. The smallest absolute Gasteiger partial charge is 0.340 e. The number of carbonyl (C=O) groups is 1. The first-order valence-corrected chi connectivity index (χ1v) is 6.80. The molecule has 2 rings (SSSR count). The number of hydrogen-bond acceptors (Lipinski definition) is 4. The monoisotopic (exact) mass is 359 g/mol. The van der Waals surface area contributed by atoms with Crippen molar-refractivity contribution in [2.45, 2.75) is 13.0 Å². The fraction of sp³-hybridized carbons (Fsp3) is 0.214. The molecule has 7 heteroatoms. The van der Waals surface area contributed by atoms with E-state index in [9.17, 15) is 13.6 Å². The van der Waals surface area contributed by atoms with E-state index in [-0.39, 0.29) is 17.3 Å². The van der Waals surface area contributed by atoms with Crippen LogP contribution < -0.4 is 5.32 Å². The van der Waals surface area contributed by atoms with Crippen molar-refractivity contribution in [1.82, 2.24) is 0 Å². The molecule has 4 nitrogen and oxygen atoms in total. The van der Waals surface area contributed by atoms with E-state index in [1.807, 2.05) is 0 Å². The summed E-state index contributed by atoms with van der Waals surface area (Å²) in [6.07, 6.45) is 0. The van der Waals surface area contributed by atoms with Crippen LogP contribution in [-0.4, -0.2) is 13.1 Å². The predicted octanol–water partition coefficient (Wildman–Crippen LogP) is 4.28. The van der Waals surface area contributed by atoms with Gasteiger partial charge in [0.15, 0.2) is 4.67 Å². The maximum absolute atomic E-state index is 13.8. The highest BCUT2D eigenvalue weighted by Gasteiger charge is 2.18. The van der Waals surface area contributed by atoms with Gasteiger partial charge in [-0.05, 0) is 41.1 Å². The van der Waals surface area contributed by atoms with Crippen molar-refractivity contribution in [3.05, 3.63) is 51.9 Å². The second-order valence-corrected chi connectivity index (χ2v) is 5.09. The Kier molecular flexibility index (Phi) is 4.62. The Morgan fingerprint density at radius 3 is 2.62 bits per heavy atom. The van der Waals surface area contributed by atoms with Crippen molar-refractivity contribution in [3.8, 4) is 0 Å². The quantitative estimate of drug-likeness (QED) is 0.827. The number of methoxy groups -OCH3 is 1. The molecule has 0 aliphatic carbocycles. The highest BCUT2D eigenvalue weighted by molar-refractivity contribution is 9.10. The molecule has 0 spiro atoms. The summed E-state index contributed by atoms with van der Waals surface area (Å²) in [4.78, 5) is 11.4. The van der Waals surface area contributed by atoms with Crippen LogP contribution in [0.1, 0.15) is 29.1 Å². The van der Waals surface area contributed by atoms with Gasteiger partial charge in [-0.1, -0.05) is 0 Å². The number of benzene rings is 1. The molecule has 0 amide bonds. The molecule has 0 fully saturated rings. The zero-order valence-corrected chi connectivity index (χ0v) is 12.8. The van der Waals surface area contributed by atoms with Gasteiger partial charge in [0, 0.05) is 6.07 Å². The summed E-state index contributed by atoms with van der Waals surface area (Å²) in [6.45, 7) is 1.74. The molecule has 0 radical (unpaired) electrons. The maximum atomic E-state index is 13.8. The second kappa shape index (κ2) is 6.26. The first kappa shape index (κ1) is 15.5. The van der Waals surface area contributed by atoms with E-state index in [1.54, 1.807) is 19.1 Å². The average molecular weight is 360 g/mol. The van der Waals surface area contributed by atoms with E-state index in [2.05, 4.69) is 26.0 Å². The van der Waals surface area contributed by atoms with Crippen LogP contribution in [0.15, 0.2) is 33.4 Å². The molecular formula is C14H12BrF2NO3. The molecule has 1 aromatic carbocycles. The third-order valence-electron chi connectivity index (χ3n) is 2.85. The Morgan fingerprint density at radius 1 is 1.33 bits per heavy atom. The van der Waals surface area contributed by atoms with Gasteiger partial charge in [0.2, 0.25) is 0 Å². The predicted molar refractivity (Wildman–Crippen MR) is 76.1 cm³/mol. The second-order valence-electron chi connectivity index (χ2n) is 4.31. The lowest BCUT2D eigenvalue weighted by Crippen LogP contribution is -2.11. The van der Waals surface area contributed by atoms with Gasteiger partial charge in [0.05, 0.1) is 24.4 Å². The summed E-state index contributed by atoms with van der Waals surface area (Å²) < 4.78 is 37.7. The Hall–Kier alpha value is -1.89. The highest BCUT2D eigenvalue weighted by atomic mass is 79.9. The number of anilines is 1. The van der Waals surface area contributed by atoms with Gasteiger partial charge >= 0.3 is 5.97 Å². The summed E-state index contributed by atoms with van der Waals surface area (Å²) in [5, 5.41) is 2.82. The Labute approximate surface area is 128 Å². The van der Waals surface area contributed by atoms with Crippen molar-refractivity contribution in [2.24, 2.45) is 0 Å². The number of esters is 1. The van der Waals surface area contributed by atoms with Crippen molar-refractivity contribution >= 4 is 27.6 Å². The van der Waals surface area contributed by atoms with Gasteiger partial charge in [-0.2, -0.15) is 0 Å². The SMILES string of the molecule is COC(=O)c1cc(NC(C)c2ccc(Br)o2)c(F)cc1F.